The molecule has 0 aromatic carbocycles. The first-order valence-corrected chi connectivity index (χ1v) is 9.52. The second-order valence-corrected chi connectivity index (χ2v) is 7.30. The van der Waals surface area contributed by atoms with Crippen molar-refractivity contribution in [1.82, 2.24) is 5.32 Å². The Bertz CT molecular complexity index is 188. The molecule has 0 aliphatic heterocycles. The summed E-state index contributed by atoms with van der Waals surface area (Å²) in [4.78, 5) is 0. The molecule has 0 unspecified atom stereocenters. The van der Waals surface area contributed by atoms with Gasteiger partial charge in [-0.25, -0.2) is 0 Å². The van der Waals surface area contributed by atoms with E-state index in [9.17, 15) is 0 Å². The molecule has 20 heavy (non-hydrogen) atoms. The quantitative estimate of drug-likeness (QED) is 0.582. The van der Waals surface area contributed by atoms with E-state index in [1.807, 2.05) is 0 Å². The van der Waals surface area contributed by atoms with Gasteiger partial charge in [0.25, 0.3) is 0 Å². The third-order valence-corrected chi connectivity index (χ3v) is 4.75. The van der Waals surface area contributed by atoms with Gasteiger partial charge in [0.05, 0.1) is 0 Å². The van der Waals surface area contributed by atoms with E-state index < -0.39 is 0 Å². The number of hydrogen-bond acceptors (Lipinski definition) is 1. The van der Waals surface area contributed by atoms with Crippen molar-refractivity contribution in [2.24, 2.45) is 5.92 Å². The summed E-state index contributed by atoms with van der Waals surface area (Å²) >= 11 is 0. The molecule has 1 heteroatoms. The van der Waals surface area contributed by atoms with Gasteiger partial charge in [-0.2, -0.15) is 0 Å². The Kier molecular flexibility index (Phi) is 11.4. The van der Waals surface area contributed by atoms with Crippen molar-refractivity contribution in [3.8, 4) is 0 Å². The van der Waals surface area contributed by atoms with E-state index in [4.69, 9.17) is 0 Å². The molecule has 1 rings (SSSR count). The fraction of sp³-hybridized carbons (Fsp3) is 1.00. The highest BCUT2D eigenvalue weighted by molar-refractivity contribution is 4.68. The third-order valence-electron chi connectivity index (χ3n) is 4.75. The molecule has 0 atom stereocenters. The summed E-state index contributed by atoms with van der Waals surface area (Å²) in [5, 5.41) is 3.85. The van der Waals surface area contributed by atoms with Crippen LogP contribution in [-0.4, -0.2) is 12.6 Å². The number of unbranched alkanes of at least 4 members (excludes halogenated alkanes) is 1. The molecule has 1 aliphatic rings. The Morgan fingerprint density at radius 1 is 0.750 bits per heavy atom. The van der Waals surface area contributed by atoms with Crippen LogP contribution < -0.4 is 5.32 Å². The molecule has 0 amide bonds. The van der Waals surface area contributed by atoms with Crippen LogP contribution in [0, 0.1) is 5.92 Å². The van der Waals surface area contributed by atoms with E-state index in [1.54, 1.807) is 0 Å². The summed E-state index contributed by atoms with van der Waals surface area (Å²) in [5.74, 6) is 0.872. The number of nitrogens with one attached hydrogen (secondary N) is 1. The maximum Gasteiger partial charge on any atom is 0.00670 e. The smallest absolute Gasteiger partial charge is 0.00670 e. The average Bonchev–Trinajstić information content (AvgIpc) is 2.40. The van der Waals surface area contributed by atoms with Gasteiger partial charge in [0, 0.05) is 6.04 Å². The first-order chi connectivity index (χ1) is 9.79. The molecule has 0 saturated heterocycles. The maximum absolute atomic E-state index is 3.85. The van der Waals surface area contributed by atoms with E-state index in [1.165, 1.54) is 96.4 Å². The van der Waals surface area contributed by atoms with E-state index in [0.717, 1.165) is 12.0 Å². The van der Waals surface area contributed by atoms with Gasteiger partial charge in [0.1, 0.15) is 0 Å². The summed E-state index contributed by atoms with van der Waals surface area (Å²) < 4.78 is 0. The zero-order valence-electron chi connectivity index (χ0n) is 14.3. The summed E-state index contributed by atoms with van der Waals surface area (Å²) in [6.07, 6.45) is 20.2. The molecular weight excluding hydrogens is 242 g/mol. The summed E-state index contributed by atoms with van der Waals surface area (Å²) in [6, 6.07) is 0.813. The summed E-state index contributed by atoms with van der Waals surface area (Å²) in [5.41, 5.74) is 0. The molecule has 1 saturated carbocycles. The maximum atomic E-state index is 3.85. The first-order valence-electron chi connectivity index (χ1n) is 9.52. The van der Waals surface area contributed by atoms with Gasteiger partial charge in [-0.15, -0.1) is 0 Å². The normalized spacial score (nSPS) is 20.6. The molecule has 0 aromatic rings. The van der Waals surface area contributed by atoms with Gasteiger partial charge in [-0.05, 0) is 31.7 Å². The molecule has 0 spiro atoms. The van der Waals surface area contributed by atoms with Gasteiger partial charge in [-0.1, -0.05) is 84.5 Å². The monoisotopic (exact) mass is 281 g/mol. The predicted octanol–water partition coefficient (Wildman–Crippen LogP) is 6.08. The van der Waals surface area contributed by atoms with Crippen molar-refractivity contribution in [2.45, 2.75) is 110 Å². The van der Waals surface area contributed by atoms with Crippen molar-refractivity contribution in [2.75, 3.05) is 6.54 Å². The number of hydrogen-bond donors (Lipinski definition) is 1. The molecule has 1 fully saturated rings. The molecule has 0 heterocycles. The SMILES string of the molecule is CC(C)CCCCNC1CCCCCCCCCCC1. The van der Waals surface area contributed by atoms with Crippen LogP contribution in [0.1, 0.15) is 104 Å². The Labute approximate surface area is 128 Å². The Hall–Kier alpha value is -0.0400. The number of rotatable bonds is 6. The molecule has 0 aromatic heterocycles. The lowest BCUT2D eigenvalue weighted by atomic mass is 9.98. The lowest BCUT2D eigenvalue weighted by molar-refractivity contribution is 0.396. The highest BCUT2D eigenvalue weighted by atomic mass is 14.9. The van der Waals surface area contributed by atoms with E-state index in [0.29, 0.717) is 0 Å². The van der Waals surface area contributed by atoms with Gasteiger partial charge in [0.15, 0.2) is 0 Å². The standard InChI is InChI=1S/C19H39N/c1-18(2)14-12-13-17-20-19-15-10-8-6-4-3-5-7-9-11-16-19/h18-20H,3-17H2,1-2H3. The second-order valence-electron chi connectivity index (χ2n) is 7.30. The molecular formula is C19H39N. The fourth-order valence-corrected chi connectivity index (χ4v) is 3.35. The van der Waals surface area contributed by atoms with Gasteiger partial charge < -0.3 is 5.32 Å². The lowest BCUT2D eigenvalue weighted by Crippen LogP contribution is -2.30. The zero-order chi connectivity index (χ0) is 14.5. The second kappa shape index (κ2) is 12.7. The Balaban J connectivity index is 2.11. The topological polar surface area (TPSA) is 12.0 Å². The lowest BCUT2D eigenvalue weighted by Gasteiger charge is -2.19. The van der Waals surface area contributed by atoms with E-state index in [2.05, 4.69) is 19.2 Å². The van der Waals surface area contributed by atoms with Crippen molar-refractivity contribution in [1.29, 1.82) is 0 Å². The largest absolute Gasteiger partial charge is 0.314 e. The minimum atomic E-state index is 0.813. The summed E-state index contributed by atoms with van der Waals surface area (Å²) in [7, 11) is 0. The van der Waals surface area contributed by atoms with E-state index >= 15 is 0 Å². The van der Waals surface area contributed by atoms with Crippen molar-refractivity contribution >= 4 is 0 Å². The third kappa shape index (κ3) is 10.7. The molecule has 120 valence electrons. The molecule has 0 radical (unpaired) electrons. The highest BCUT2D eigenvalue weighted by Gasteiger charge is 2.08. The molecule has 1 N–H and O–H groups in total. The van der Waals surface area contributed by atoms with Crippen LogP contribution in [0.3, 0.4) is 0 Å². The highest BCUT2D eigenvalue weighted by Crippen LogP contribution is 2.17. The predicted molar refractivity (Wildman–Crippen MR) is 91.3 cm³/mol. The minimum Gasteiger partial charge on any atom is -0.314 e. The van der Waals surface area contributed by atoms with Gasteiger partial charge in [0.2, 0.25) is 0 Å². The summed E-state index contributed by atoms with van der Waals surface area (Å²) in [6.45, 7) is 5.91. The van der Waals surface area contributed by atoms with Crippen molar-refractivity contribution in [3.05, 3.63) is 0 Å². The molecule has 0 bridgehead atoms. The minimum absolute atomic E-state index is 0.813. The van der Waals surface area contributed by atoms with Crippen LogP contribution in [0.2, 0.25) is 0 Å². The van der Waals surface area contributed by atoms with Crippen molar-refractivity contribution < 1.29 is 0 Å². The van der Waals surface area contributed by atoms with Crippen LogP contribution in [0.4, 0.5) is 0 Å². The zero-order valence-corrected chi connectivity index (χ0v) is 14.3. The van der Waals surface area contributed by atoms with E-state index in [-0.39, 0.29) is 0 Å². The van der Waals surface area contributed by atoms with Crippen LogP contribution in [0.25, 0.3) is 0 Å². The Morgan fingerprint density at radius 2 is 1.25 bits per heavy atom. The van der Waals surface area contributed by atoms with Crippen molar-refractivity contribution in [3.63, 3.8) is 0 Å². The molecule has 1 nitrogen and oxygen atoms in total. The van der Waals surface area contributed by atoms with Crippen LogP contribution in [0.15, 0.2) is 0 Å². The first kappa shape index (κ1) is 18.0. The molecule has 1 aliphatic carbocycles. The van der Waals surface area contributed by atoms with Gasteiger partial charge in [-0.3, -0.25) is 0 Å². The average molecular weight is 282 g/mol. The fourth-order valence-electron chi connectivity index (χ4n) is 3.35. The van der Waals surface area contributed by atoms with Crippen LogP contribution in [-0.2, 0) is 0 Å². The van der Waals surface area contributed by atoms with Crippen LogP contribution >= 0.6 is 0 Å². The van der Waals surface area contributed by atoms with Gasteiger partial charge >= 0.3 is 0 Å². The van der Waals surface area contributed by atoms with Crippen LogP contribution in [0.5, 0.6) is 0 Å². The Morgan fingerprint density at radius 3 is 1.75 bits per heavy atom.